The van der Waals surface area contributed by atoms with E-state index in [0.717, 1.165) is 11.3 Å². The molecule has 0 bridgehead atoms. The molecule has 11 heteroatoms. The first-order valence-corrected chi connectivity index (χ1v) is 8.72. The van der Waals surface area contributed by atoms with E-state index in [1.54, 1.807) is 5.51 Å². The number of thiazole rings is 1. The van der Waals surface area contributed by atoms with E-state index in [2.05, 4.69) is 15.6 Å². The third kappa shape index (κ3) is 6.53. The van der Waals surface area contributed by atoms with E-state index in [4.69, 9.17) is 0 Å². The summed E-state index contributed by atoms with van der Waals surface area (Å²) in [4.78, 5) is 18.3. The van der Waals surface area contributed by atoms with Crippen molar-refractivity contribution in [3.8, 4) is 0 Å². The smallest absolute Gasteiger partial charge is 0.349 e. The minimum atomic E-state index is -4.38. The molecule has 1 fully saturated rings. The lowest BCUT2D eigenvalue weighted by Gasteiger charge is -2.35. The first kappa shape index (κ1) is 25.4. The Kier molecular flexibility index (Phi) is 9.84. The molecule has 152 valence electrons. The van der Waals surface area contributed by atoms with Crippen molar-refractivity contribution in [1.82, 2.24) is 20.5 Å². The Morgan fingerprint density at radius 3 is 2.38 bits per heavy atom. The van der Waals surface area contributed by atoms with Gasteiger partial charge in [-0.1, -0.05) is 20.8 Å². The molecule has 2 rings (SSSR count). The van der Waals surface area contributed by atoms with Crippen molar-refractivity contribution in [1.29, 1.82) is 0 Å². The quantitative estimate of drug-likeness (QED) is 0.761. The molecule has 1 amide bonds. The van der Waals surface area contributed by atoms with E-state index in [-0.39, 0.29) is 30.2 Å². The molecule has 1 aromatic rings. The highest BCUT2D eigenvalue weighted by Gasteiger charge is 2.44. The van der Waals surface area contributed by atoms with Gasteiger partial charge in [0.05, 0.1) is 11.2 Å². The third-order valence-corrected chi connectivity index (χ3v) is 4.74. The summed E-state index contributed by atoms with van der Waals surface area (Å²) in [6.45, 7) is 6.95. The van der Waals surface area contributed by atoms with Crippen LogP contribution in [0.2, 0.25) is 0 Å². The first-order chi connectivity index (χ1) is 11.1. The zero-order valence-electron chi connectivity index (χ0n) is 14.9. The molecule has 1 aliphatic rings. The Hall–Kier alpha value is -0.610. The second-order valence-electron chi connectivity index (χ2n) is 6.83. The number of carbonyl (C=O) groups excluding carboxylic acids is 1. The molecule has 2 heterocycles. The number of rotatable bonds is 4. The lowest BCUT2D eigenvalue weighted by Crippen LogP contribution is -2.57. The lowest BCUT2D eigenvalue weighted by atomic mass is 9.91. The number of piperazine rings is 1. The van der Waals surface area contributed by atoms with E-state index >= 15 is 0 Å². The first-order valence-electron chi connectivity index (χ1n) is 7.84. The highest BCUT2D eigenvalue weighted by molar-refractivity contribution is 7.11. The Morgan fingerprint density at radius 2 is 1.88 bits per heavy atom. The van der Waals surface area contributed by atoms with Gasteiger partial charge in [-0.05, 0) is 0 Å². The number of amides is 1. The SMILES string of the molecule is CC(C)(C)c1ncsc1C(=O)NCC(N1CCNCC1)C(F)(F)F.Cl.Cl. The van der Waals surface area contributed by atoms with E-state index in [9.17, 15) is 18.0 Å². The number of hydrogen-bond donors (Lipinski definition) is 2. The van der Waals surface area contributed by atoms with Crippen molar-refractivity contribution in [2.45, 2.75) is 38.4 Å². The number of nitrogens with zero attached hydrogens (tertiary/aromatic N) is 2. The van der Waals surface area contributed by atoms with Gasteiger partial charge in [0.25, 0.3) is 5.91 Å². The van der Waals surface area contributed by atoms with Gasteiger partial charge in [-0.3, -0.25) is 9.69 Å². The molecule has 1 atom stereocenters. The molecule has 0 radical (unpaired) electrons. The molecule has 1 unspecified atom stereocenters. The summed E-state index contributed by atoms with van der Waals surface area (Å²) in [6, 6.07) is -1.67. The zero-order valence-corrected chi connectivity index (χ0v) is 17.3. The summed E-state index contributed by atoms with van der Waals surface area (Å²) in [5.74, 6) is -0.494. The van der Waals surface area contributed by atoms with Crippen LogP contribution in [0.4, 0.5) is 13.2 Å². The standard InChI is InChI=1S/C15H23F3N4OS.2ClH/c1-14(2,3)12-11(24-9-21-12)13(23)20-8-10(15(16,17)18)22-6-4-19-5-7-22;;/h9-10,19H,4-8H2,1-3H3,(H,20,23);2*1H. The highest BCUT2D eigenvalue weighted by Crippen LogP contribution is 2.28. The van der Waals surface area contributed by atoms with Gasteiger partial charge in [0.2, 0.25) is 0 Å². The Morgan fingerprint density at radius 1 is 1.31 bits per heavy atom. The van der Waals surface area contributed by atoms with Crippen LogP contribution in [-0.2, 0) is 5.41 Å². The predicted molar refractivity (Wildman–Crippen MR) is 102 cm³/mol. The van der Waals surface area contributed by atoms with Crippen molar-refractivity contribution >= 4 is 42.1 Å². The summed E-state index contributed by atoms with van der Waals surface area (Å²) in [5.41, 5.74) is 1.82. The van der Waals surface area contributed by atoms with Gasteiger partial charge >= 0.3 is 6.18 Å². The molecular formula is C15H25Cl2F3N4OS. The maximum absolute atomic E-state index is 13.3. The van der Waals surface area contributed by atoms with Crippen LogP contribution in [-0.4, -0.2) is 60.7 Å². The van der Waals surface area contributed by atoms with Crippen LogP contribution < -0.4 is 10.6 Å². The molecular weight excluding hydrogens is 412 g/mol. The Bertz CT molecular complexity index is 572. The fourth-order valence-corrected chi connectivity index (χ4v) is 3.57. The van der Waals surface area contributed by atoms with Crippen LogP contribution in [0, 0.1) is 0 Å². The van der Waals surface area contributed by atoms with Crippen LogP contribution >= 0.6 is 36.2 Å². The van der Waals surface area contributed by atoms with Crippen LogP contribution in [0.5, 0.6) is 0 Å². The van der Waals surface area contributed by atoms with Crippen LogP contribution in [0.25, 0.3) is 0 Å². The molecule has 2 N–H and O–H groups in total. The van der Waals surface area contributed by atoms with E-state index < -0.39 is 24.7 Å². The molecule has 0 spiro atoms. The molecule has 0 aromatic carbocycles. The van der Waals surface area contributed by atoms with Crippen LogP contribution in [0.3, 0.4) is 0 Å². The second-order valence-corrected chi connectivity index (χ2v) is 7.69. The van der Waals surface area contributed by atoms with Crippen molar-refractivity contribution in [2.24, 2.45) is 0 Å². The topological polar surface area (TPSA) is 57.3 Å². The van der Waals surface area contributed by atoms with Gasteiger partial charge in [0.15, 0.2) is 0 Å². The van der Waals surface area contributed by atoms with Crippen LogP contribution in [0.15, 0.2) is 5.51 Å². The van der Waals surface area contributed by atoms with Gasteiger partial charge in [-0.15, -0.1) is 36.2 Å². The summed E-state index contributed by atoms with van der Waals surface area (Å²) in [5, 5.41) is 5.48. The van der Waals surface area contributed by atoms with Crippen LogP contribution in [0.1, 0.15) is 36.1 Å². The Balaban J connectivity index is 0.00000312. The highest BCUT2D eigenvalue weighted by atomic mass is 35.5. The minimum Gasteiger partial charge on any atom is -0.349 e. The number of alkyl halides is 3. The van der Waals surface area contributed by atoms with Crippen molar-refractivity contribution in [2.75, 3.05) is 32.7 Å². The number of carbonyl (C=O) groups is 1. The fourth-order valence-electron chi connectivity index (χ4n) is 2.66. The second kappa shape index (κ2) is 10.1. The maximum Gasteiger partial charge on any atom is 0.405 e. The van der Waals surface area contributed by atoms with Gasteiger partial charge in [-0.2, -0.15) is 13.2 Å². The number of halogens is 5. The minimum absolute atomic E-state index is 0. The van der Waals surface area contributed by atoms with Crippen molar-refractivity contribution < 1.29 is 18.0 Å². The Labute approximate surface area is 167 Å². The summed E-state index contributed by atoms with van der Waals surface area (Å²) >= 11 is 1.15. The van der Waals surface area contributed by atoms with Gasteiger partial charge < -0.3 is 10.6 Å². The number of hydrogen-bond acceptors (Lipinski definition) is 5. The van der Waals surface area contributed by atoms with Gasteiger partial charge in [0.1, 0.15) is 10.9 Å². The molecule has 1 aromatic heterocycles. The van der Waals surface area contributed by atoms with Crippen molar-refractivity contribution in [3.05, 3.63) is 16.1 Å². The lowest BCUT2D eigenvalue weighted by molar-refractivity contribution is -0.183. The summed E-state index contributed by atoms with van der Waals surface area (Å²) in [7, 11) is 0. The van der Waals surface area contributed by atoms with Crippen molar-refractivity contribution in [3.63, 3.8) is 0 Å². The third-order valence-electron chi connectivity index (χ3n) is 3.91. The monoisotopic (exact) mass is 436 g/mol. The largest absolute Gasteiger partial charge is 0.405 e. The summed E-state index contributed by atoms with van der Waals surface area (Å²) in [6.07, 6.45) is -4.38. The molecule has 5 nitrogen and oxygen atoms in total. The molecule has 0 aliphatic carbocycles. The molecule has 1 saturated heterocycles. The maximum atomic E-state index is 13.3. The van der Waals surface area contributed by atoms with E-state index in [1.165, 1.54) is 4.90 Å². The number of aromatic nitrogens is 1. The molecule has 0 saturated carbocycles. The average Bonchev–Trinajstić information content (AvgIpc) is 2.96. The summed E-state index contributed by atoms with van der Waals surface area (Å²) < 4.78 is 40.0. The molecule has 1 aliphatic heterocycles. The molecule has 26 heavy (non-hydrogen) atoms. The van der Waals surface area contributed by atoms with E-state index in [1.807, 2.05) is 20.8 Å². The fraction of sp³-hybridized carbons (Fsp3) is 0.733. The predicted octanol–water partition coefficient (Wildman–Crippen LogP) is 2.85. The number of nitrogens with one attached hydrogen (secondary N) is 2. The van der Waals surface area contributed by atoms with Gasteiger partial charge in [-0.25, -0.2) is 4.98 Å². The normalized spacial score (nSPS) is 17.0. The van der Waals surface area contributed by atoms with Gasteiger partial charge in [0, 0.05) is 38.1 Å². The van der Waals surface area contributed by atoms with E-state index in [0.29, 0.717) is 36.8 Å². The zero-order chi connectivity index (χ0) is 18.0. The average molecular weight is 437 g/mol.